The molecule has 1 unspecified atom stereocenters. The lowest BCUT2D eigenvalue weighted by molar-refractivity contribution is 0.639. The molecule has 0 aliphatic rings. The van der Waals surface area contributed by atoms with Gasteiger partial charge in [0.15, 0.2) is 4.77 Å². The monoisotopic (exact) mass is 225 g/mol. The Morgan fingerprint density at radius 1 is 1.57 bits per heavy atom. The Morgan fingerprint density at radius 2 is 2.36 bits per heavy atom. The van der Waals surface area contributed by atoms with Gasteiger partial charge in [0, 0.05) is 9.75 Å². The van der Waals surface area contributed by atoms with E-state index in [0.29, 0.717) is 4.77 Å². The maximum Gasteiger partial charge on any atom is 0.195 e. The summed E-state index contributed by atoms with van der Waals surface area (Å²) in [5, 5.41) is 6.67. The smallest absolute Gasteiger partial charge is 0.195 e. The molecule has 0 saturated carbocycles. The molecule has 0 amide bonds. The lowest BCUT2D eigenvalue weighted by Crippen LogP contribution is -2.03. The maximum absolute atomic E-state index is 5.12. The van der Waals surface area contributed by atoms with Crippen molar-refractivity contribution in [2.24, 2.45) is 0 Å². The fourth-order valence-electron chi connectivity index (χ4n) is 1.35. The van der Waals surface area contributed by atoms with Crippen LogP contribution in [-0.4, -0.2) is 14.8 Å². The van der Waals surface area contributed by atoms with E-state index in [4.69, 9.17) is 12.2 Å². The van der Waals surface area contributed by atoms with Crippen LogP contribution in [0.2, 0.25) is 0 Å². The normalized spacial score (nSPS) is 13.0. The van der Waals surface area contributed by atoms with Gasteiger partial charge in [-0.05, 0) is 38.2 Å². The van der Waals surface area contributed by atoms with Gasteiger partial charge in [0.25, 0.3) is 0 Å². The van der Waals surface area contributed by atoms with Gasteiger partial charge in [0.2, 0.25) is 0 Å². The zero-order valence-electron chi connectivity index (χ0n) is 8.02. The summed E-state index contributed by atoms with van der Waals surface area (Å²) >= 11 is 6.91. The van der Waals surface area contributed by atoms with Crippen LogP contribution in [0.4, 0.5) is 0 Å². The average molecular weight is 225 g/mol. The number of aromatic amines is 1. The number of H-pyrrole nitrogens is 1. The predicted octanol–water partition coefficient (Wildman–Crippen LogP) is 2.92. The first kappa shape index (κ1) is 9.61. The van der Waals surface area contributed by atoms with Gasteiger partial charge in [0.05, 0.1) is 6.04 Å². The molecule has 0 saturated heterocycles. The quantitative estimate of drug-likeness (QED) is 0.797. The fraction of sp³-hybridized carbons (Fsp3) is 0.333. The van der Waals surface area contributed by atoms with E-state index >= 15 is 0 Å². The molecule has 2 aromatic rings. The lowest BCUT2D eigenvalue weighted by Gasteiger charge is -2.09. The SMILES string of the molecule is Cc1ccc(C(C)n2cn[nH]c2=S)s1. The number of hydrogen-bond acceptors (Lipinski definition) is 3. The van der Waals surface area contributed by atoms with Gasteiger partial charge < -0.3 is 0 Å². The average Bonchev–Trinajstić information content (AvgIpc) is 2.73. The fourth-order valence-corrected chi connectivity index (χ4v) is 2.53. The minimum absolute atomic E-state index is 0.264. The van der Waals surface area contributed by atoms with E-state index in [9.17, 15) is 0 Å². The van der Waals surface area contributed by atoms with Crippen LogP contribution in [0.25, 0.3) is 0 Å². The molecule has 0 aromatic carbocycles. The van der Waals surface area contributed by atoms with Crippen LogP contribution in [0.5, 0.6) is 0 Å². The summed E-state index contributed by atoms with van der Waals surface area (Å²) in [6.45, 7) is 4.23. The van der Waals surface area contributed by atoms with Crippen molar-refractivity contribution in [1.82, 2.24) is 14.8 Å². The third-order valence-corrected chi connectivity index (χ3v) is 3.64. The Hall–Kier alpha value is -0.940. The molecular formula is C9H11N3S2. The number of aromatic nitrogens is 3. The molecule has 2 heterocycles. The van der Waals surface area contributed by atoms with Crippen molar-refractivity contribution in [3.63, 3.8) is 0 Å². The molecule has 1 N–H and O–H groups in total. The Labute approximate surface area is 91.4 Å². The van der Waals surface area contributed by atoms with Crippen LogP contribution in [0, 0.1) is 11.7 Å². The number of nitrogens with one attached hydrogen (secondary N) is 1. The van der Waals surface area contributed by atoms with Crippen LogP contribution < -0.4 is 0 Å². The molecule has 0 aliphatic carbocycles. The third kappa shape index (κ3) is 1.65. The zero-order chi connectivity index (χ0) is 10.1. The topological polar surface area (TPSA) is 33.6 Å². The molecule has 14 heavy (non-hydrogen) atoms. The number of nitrogens with zero attached hydrogens (tertiary/aromatic N) is 2. The van der Waals surface area contributed by atoms with E-state index in [2.05, 4.69) is 36.2 Å². The minimum atomic E-state index is 0.264. The highest BCUT2D eigenvalue weighted by Crippen LogP contribution is 2.25. The van der Waals surface area contributed by atoms with E-state index in [1.54, 1.807) is 17.7 Å². The van der Waals surface area contributed by atoms with E-state index in [1.165, 1.54) is 9.75 Å². The summed E-state index contributed by atoms with van der Waals surface area (Å²) < 4.78 is 2.63. The highest BCUT2D eigenvalue weighted by Gasteiger charge is 2.10. The van der Waals surface area contributed by atoms with Gasteiger partial charge >= 0.3 is 0 Å². The van der Waals surface area contributed by atoms with E-state index in [1.807, 2.05) is 4.57 Å². The van der Waals surface area contributed by atoms with Crippen LogP contribution in [-0.2, 0) is 0 Å². The van der Waals surface area contributed by atoms with E-state index < -0.39 is 0 Å². The largest absolute Gasteiger partial charge is 0.299 e. The first-order chi connectivity index (χ1) is 6.68. The van der Waals surface area contributed by atoms with E-state index in [0.717, 1.165) is 0 Å². The van der Waals surface area contributed by atoms with Crippen LogP contribution in [0.3, 0.4) is 0 Å². The summed E-state index contributed by atoms with van der Waals surface area (Å²) in [4.78, 5) is 2.63. The number of thiophene rings is 1. The van der Waals surface area contributed by atoms with Gasteiger partial charge in [-0.2, -0.15) is 5.10 Å². The van der Waals surface area contributed by atoms with Crippen molar-refractivity contribution in [1.29, 1.82) is 0 Å². The Bertz CT molecular complexity index is 480. The second-order valence-corrected chi connectivity index (χ2v) is 4.90. The van der Waals surface area contributed by atoms with Gasteiger partial charge in [-0.3, -0.25) is 9.67 Å². The molecule has 0 aliphatic heterocycles. The van der Waals surface area contributed by atoms with E-state index in [-0.39, 0.29) is 6.04 Å². The van der Waals surface area contributed by atoms with Gasteiger partial charge in [-0.25, -0.2) is 0 Å². The minimum Gasteiger partial charge on any atom is -0.299 e. The first-order valence-corrected chi connectivity index (χ1v) is 5.59. The highest BCUT2D eigenvalue weighted by molar-refractivity contribution is 7.71. The predicted molar refractivity (Wildman–Crippen MR) is 60.3 cm³/mol. The van der Waals surface area contributed by atoms with Crippen LogP contribution >= 0.6 is 23.6 Å². The maximum atomic E-state index is 5.12. The third-order valence-electron chi connectivity index (χ3n) is 2.17. The molecule has 1 atom stereocenters. The molecule has 2 aromatic heterocycles. The Morgan fingerprint density at radius 3 is 2.86 bits per heavy atom. The molecule has 74 valence electrons. The van der Waals surface area contributed by atoms with Crippen LogP contribution in [0.15, 0.2) is 18.5 Å². The molecule has 5 heteroatoms. The number of aryl methyl sites for hydroxylation is 1. The summed E-state index contributed by atoms with van der Waals surface area (Å²) in [7, 11) is 0. The molecule has 3 nitrogen and oxygen atoms in total. The van der Waals surface area contributed by atoms with Crippen molar-refractivity contribution in [3.05, 3.63) is 33.0 Å². The highest BCUT2D eigenvalue weighted by atomic mass is 32.1. The van der Waals surface area contributed by atoms with Crippen LogP contribution in [0.1, 0.15) is 22.7 Å². The summed E-state index contributed by atoms with van der Waals surface area (Å²) in [6, 6.07) is 4.53. The second kappa shape index (κ2) is 3.67. The second-order valence-electron chi connectivity index (χ2n) is 3.19. The van der Waals surface area contributed by atoms with Gasteiger partial charge in [-0.1, -0.05) is 0 Å². The Balaban J connectivity index is 2.38. The first-order valence-electron chi connectivity index (χ1n) is 4.36. The van der Waals surface area contributed by atoms with Crippen molar-refractivity contribution in [2.45, 2.75) is 19.9 Å². The summed E-state index contributed by atoms with van der Waals surface area (Å²) in [6.07, 6.45) is 1.74. The molecular weight excluding hydrogens is 214 g/mol. The van der Waals surface area contributed by atoms with Crippen molar-refractivity contribution < 1.29 is 0 Å². The standard InChI is InChI=1S/C9H11N3S2/c1-6-3-4-8(14-6)7(2)12-5-10-11-9(12)13/h3-5,7H,1-2H3,(H,11,13). The summed E-state index contributed by atoms with van der Waals surface area (Å²) in [5.74, 6) is 0. The number of rotatable bonds is 2. The number of hydrogen-bond donors (Lipinski definition) is 1. The Kier molecular flexibility index (Phi) is 2.52. The molecule has 0 bridgehead atoms. The van der Waals surface area contributed by atoms with Crippen molar-refractivity contribution in [2.75, 3.05) is 0 Å². The zero-order valence-corrected chi connectivity index (χ0v) is 9.65. The van der Waals surface area contributed by atoms with Gasteiger partial charge in [0.1, 0.15) is 6.33 Å². The molecule has 2 rings (SSSR count). The van der Waals surface area contributed by atoms with Crippen molar-refractivity contribution >= 4 is 23.6 Å². The molecule has 0 fully saturated rings. The lowest BCUT2D eigenvalue weighted by atomic mass is 10.3. The molecule has 0 spiro atoms. The summed E-state index contributed by atoms with van der Waals surface area (Å²) in [5.41, 5.74) is 0. The van der Waals surface area contributed by atoms with Gasteiger partial charge in [-0.15, -0.1) is 11.3 Å². The molecule has 0 radical (unpaired) electrons. The van der Waals surface area contributed by atoms with Crippen molar-refractivity contribution in [3.8, 4) is 0 Å².